The highest BCUT2D eigenvalue weighted by molar-refractivity contribution is 7.92. The molecular formula is C27H26ClF4N5O2S. The van der Waals surface area contributed by atoms with Crippen molar-refractivity contribution in [2.45, 2.75) is 44.1 Å². The van der Waals surface area contributed by atoms with Gasteiger partial charge in [0, 0.05) is 42.2 Å². The molecule has 13 heteroatoms. The van der Waals surface area contributed by atoms with E-state index in [1.54, 1.807) is 11.0 Å². The Morgan fingerprint density at radius 2 is 1.77 bits per heavy atom. The lowest BCUT2D eigenvalue weighted by atomic mass is 9.94. The zero-order chi connectivity index (χ0) is 28.4. The number of nitrogens with zero attached hydrogens (tertiary/aromatic N) is 5. The van der Waals surface area contributed by atoms with Crippen LogP contribution < -0.4 is 4.90 Å². The van der Waals surface area contributed by atoms with Crippen LogP contribution in [0.1, 0.15) is 47.1 Å². The predicted molar refractivity (Wildman–Crippen MR) is 144 cm³/mol. The van der Waals surface area contributed by atoms with E-state index < -0.39 is 27.4 Å². The highest BCUT2D eigenvalue weighted by Crippen LogP contribution is 2.41. The molecule has 1 aromatic heterocycles. The second-order valence-corrected chi connectivity index (χ2v) is 13.1. The average Bonchev–Trinajstić information content (AvgIpc) is 3.22. The van der Waals surface area contributed by atoms with Crippen molar-refractivity contribution < 1.29 is 26.0 Å². The molecule has 0 radical (unpaired) electrons. The number of hydrogen-bond donors (Lipinski definition) is 0. The van der Waals surface area contributed by atoms with Crippen molar-refractivity contribution in [3.8, 4) is 5.69 Å². The third kappa shape index (κ3) is 4.79. The summed E-state index contributed by atoms with van der Waals surface area (Å²) in [6, 6.07) is 7.04. The van der Waals surface area contributed by atoms with E-state index in [4.69, 9.17) is 11.6 Å². The summed E-state index contributed by atoms with van der Waals surface area (Å²) in [5, 5.41) is 9.56. The Labute approximate surface area is 234 Å². The van der Waals surface area contributed by atoms with Crippen molar-refractivity contribution in [2.75, 3.05) is 29.5 Å². The molecule has 0 bridgehead atoms. The fourth-order valence-corrected chi connectivity index (χ4v) is 7.73. The molecule has 2 saturated heterocycles. The van der Waals surface area contributed by atoms with E-state index in [2.05, 4.69) is 21.7 Å². The van der Waals surface area contributed by atoms with E-state index in [0.717, 1.165) is 35.3 Å². The lowest BCUT2D eigenvalue weighted by molar-refractivity contribution is -0.137. The minimum atomic E-state index is -4.63. The number of halogens is 5. The third-order valence-electron chi connectivity index (χ3n) is 8.02. The Morgan fingerprint density at radius 3 is 2.42 bits per heavy atom. The SMILES string of the molecule is C=Cc1c(C(F)(F)F)ccc(F)c1N1CCC(c2nnc3n2-c2ccc(Cl)cc2CN(C2CS(=O)(=O)C2)C3)CC1. The van der Waals surface area contributed by atoms with Crippen LogP contribution in [0, 0.1) is 5.82 Å². The van der Waals surface area contributed by atoms with Gasteiger partial charge >= 0.3 is 6.18 Å². The van der Waals surface area contributed by atoms with E-state index in [0.29, 0.717) is 49.9 Å². The molecule has 3 aliphatic heterocycles. The molecule has 0 amide bonds. The van der Waals surface area contributed by atoms with Crippen LogP contribution in [-0.2, 0) is 29.1 Å². The lowest BCUT2D eigenvalue weighted by Gasteiger charge is -2.35. The summed E-state index contributed by atoms with van der Waals surface area (Å²) in [6.45, 7) is 5.09. The number of sulfone groups is 1. The molecule has 212 valence electrons. The molecule has 2 aromatic carbocycles. The Bertz CT molecular complexity index is 1590. The van der Waals surface area contributed by atoms with E-state index in [1.807, 2.05) is 16.7 Å². The van der Waals surface area contributed by atoms with Gasteiger partial charge < -0.3 is 4.90 Å². The van der Waals surface area contributed by atoms with Crippen molar-refractivity contribution >= 4 is 33.2 Å². The van der Waals surface area contributed by atoms with Gasteiger partial charge in [0.25, 0.3) is 0 Å². The van der Waals surface area contributed by atoms with Crippen molar-refractivity contribution in [1.29, 1.82) is 0 Å². The molecule has 0 aliphatic carbocycles. The van der Waals surface area contributed by atoms with Gasteiger partial charge in [-0.3, -0.25) is 9.47 Å². The summed E-state index contributed by atoms with van der Waals surface area (Å²) >= 11 is 6.32. The van der Waals surface area contributed by atoms with Crippen molar-refractivity contribution in [2.24, 2.45) is 0 Å². The Morgan fingerprint density at radius 1 is 1.05 bits per heavy atom. The normalized spacial score (nSPS) is 20.0. The second kappa shape index (κ2) is 9.85. The molecule has 3 aromatic rings. The van der Waals surface area contributed by atoms with Crippen molar-refractivity contribution in [3.63, 3.8) is 0 Å². The Balaban J connectivity index is 1.30. The van der Waals surface area contributed by atoms with Crippen LogP contribution in [0.4, 0.5) is 23.2 Å². The molecular weight excluding hydrogens is 570 g/mol. The van der Waals surface area contributed by atoms with Crippen LogP contribution in [0.25, 0.3) is 11.8 Å². The number of benzene rings is 2. The number of alkyl halides is 3. The number of rotatable bonds is 4. The van der Waals surface area contributed by atoms with Crippen LogP contribution in [0.15, 0.2) is 36.9 Å². The molecule has 2 fully saturated rings. The summed E-state index contributed by atoms with van der Waals surface area (Å²) in [7, 11) is -3.02. The summed E-state index contributed by atoms with van der Waals surface area (Å²) in [5.74, 6) is 0.803. The standard InChI is InChI=1S/C27H26ClF4N5O2S/c1-2-20-21(27(30,31)32)4-5-22(29)25(20)35-9-7-16(8-10-35)26-34-33-24-13-36(19-14-40(38,39)15-19)12-17-11-18(28)3-6-23(17)37(24)26/h2-6,11,16,19H,1,7-10,12-15H2. The van der Waals surface area contributed by atoms with Gasteiger partial charge in [-0.15, -0.1) is 10.2 Å². The predicted octanol–water partition coefficient (Wildman–Crippen LogP) is 5.22. The molecule has 3 aliphatic rings. The summed E-state index contributed by atoms with van der Waals surface area (Å²) in [4.78, 5) is 3.73. The first-order valence-corrected chi connectivity index (χ1v) is 15.1. The Hall–Kier alpha value is -2.96. The maximum atomic E-state index is 14.9. The molecule has 7 nitrogen and oxygen atoms in total. The van der Waals surface area contributed by atoms with Crippen molar-refractivity contribution in [3.05, 3.63) is 76.1 Å². The fraction of sp³-hybridized carbons (Fsp3) is 0.407. The summed E-state index contributed by atoms with van der Waals surface area (Å²) in [5.41, 5.74) is 0.531. The van der Waals surface area contributed by atoms with E-state index in [9.17, 15) is 26.0 Å². The highest BCUT2D eigenvalue weighted by atomic mass is 35.5. The van der Waals surface area contributed by atoms with Gasteiger partial charge in [-0.25, -0.2) is 12.8 Å². The van der Waals surface area contributed by atoms with Crippen LogP contribution >= 0.6 is 11.6 Å². The van der Waals surface area contributed by atoms with Gasteiger partial charge in [0.15, 0.2) is 15.7 Å². The van der Waals surface area contributed by atoms with Crippen LogP contribution in [-0.4, -0.2) is 58.7 Å². The van der Waals surface area contributed by atoms with Crippen LogP contribution in [0.3, 0.4) is 0 Å². The third-order valence-corrected chi connectivity index (χ3v) is 10.0. The topological polar surface area (TPSA) is 71.3 Å². The van der Waals surface area contributed by atoms with Gasteiger partial charge in [-0.1, -0.05) is 24.3 Å². The van der Waals surface area contributed by atoms with E-state index in [-0.39, 0.29) is 34.7 Å². The summed E-state index contributed by atoms with van der Waals surface area (Å²) < 4.78 is 81.4. The maximum absolute atomic E-state index is 14.9. The molecule has 6 rings (SSSR count). The van der Waals surface area contributed by atoms with Crippen LogP contribution in [0.5, 0.6) is 0 Å². The summed E-state index contributed by atoms with van der Waals surface area (Å²) in [6.07, 6.45) is -2.51. The van der Waals surface area contributed by atoms with Crippen molar-refractivity contribution in [1.82, 2.24) is 19.7 Å². The largest absolute Gasteiger partial charge is 0.417 e. The quantitative estimate of drug-likeness (QED) is 0.385. The monoisotopic (exact) mass is 595 g/mol. The molecule has 4 heterocycles. The molecule has 40 heavy (non-hydrogen) atoms. The molecule has 0 unspecified atom stereocenters. The van der Waals surface area contributed by atoms with E-state index in [1.165, 1.54) is 0 Å². The highest BCUT2D eigenvalue weighted by Gasteiger charge is 2.40. The van der Waals surface area contributed by atoms with Gasteiger partial charge in [0.05, 0.1) is 35.0 Å². The fourth-order valence-electron chi connectivity index (χ4n) is 6.04. The van der Waals surface area contributed by atoms with Gasteiger partial charge in [-0.05, 0) is 48.7 Å². The number of aromatic nitrogens is 3. The molecule has 0 saturated carbocycles. The smallest absolute Gasteiger partial charge is 0.369 e. The first kappa shape index (κ1) is 27.2. The first-order valence-electron chi connectivity index (χ1n) is 12.9. The zero-order valence-corrected chi connectivity index (χ0v) is 22.9. The lowest BCUT2D eigenvalue weighted by Crippen LogP contribution is -2.52. The molecule has 0 N–H and O–H groups in total. The first-order chi connectivity index (χ1) is 18.9. The minimum Gasteiger partial charge on any atom is -0.369 e. The molecule has 0 spiro atoms. The van der Waals surface area contributed by atoms with E-state index >= 15 is 0 Å². The second-order valence-electron chi connectivity index (χ2n) is 10.5. The number of piperidine rings is 1. The number of hydrogen-bond acceptors (Lipinski definition) is 6. The maximum Gasteiger partial charge on any atom is 0.417 e. The van der Waals surface area contributed by atoms with Crippen LogP contribution in [0.2, 0.25) is 5.02 Å². The molecule has 0 atom stereocenters. The number of anilines is 1. The van der Waals surface area contributed by atoms with Gasteiger partial charge in [-0.2, -0.15) is 13.2 Å². The average molecular weight is 596 g/mol. The van der Waals surface area contributed by atoms with Gasteiger partial charge in [0.1, 0.15) is 11.6 Å². The van der Waals surface area contributed by atoms with Gasteiger partial charge in [0.2, 0.25) is 0 Å². The number of fused-ring (bicyclic) bond motifs is 3. The Kier molecular flexibility index (Phi) is 6.70. The minimum absolute atomic E-state index is 0.0716. The zero-order valence-electron chi connectivity index (χ0n) is 21.3.